The molecule has 1 atom stereocenters. The molecule has 0 aliphatic carbocycles. The standard InChI is InChI=1S/C19H19N3O3/c23-11-3-5-12-4-1-7-14-17(12)13-6-2-10-20-18(13)22(14)15-8-9-16(24)21-19(15)25/h1-2,4,6-7,10,15,23H,3,5,8-9,11H2,(H,21,24,25). The highest BCUT2D eigenvalue weighted by Crippen LogP contribution is 2.35. The lowest BCUT2D eigenvalue weighted by atomic mass is 10.0. The molecule has 1 aliphatic rings. The number of nitrogens with zero attached hydrogens (tertiary/aromatic N) is 2. The van der Waals surface area contributed by atoms with E-state index in [1.807, 2.05) is 28.8 Å². The predicted octanol–water partition coefficient (Wildman–Crippen LogP) is 2.09. The van der Waals surface area contributed by atoms with Crippen molar-refractivity contribution in [3.05, 3.63) is 42.1 Å². The summed E-state index contributed by atoms with van der Waals surface area (Å²) in [6, 6.07) is 9.47. The van der Waals surface area contributed by atoms with Crippen molar-refractivity contribution in [1.82, 2.24) is 14.9 Å². The van der Waals surface area contributed by atoms with Crippen molar-refractivity contribution in [1.29, 1.82) is 0 Å². The third kappa shape index (κ3) is 2.59. The van der Waals surface area contributed by atoms with Gasteiger partial charge in [0.15, 0.2) is 0 Å². The van der Waals surface area contributed by atoms with Crippen LogP contribution in [0.15, 0.2) is 36.5 Å². The molecule has 1 saturated heterocycles. The van der Waals surface area contributed by atoms with E-state index in [1.54, 1.807) is 6.20 Å². The third-order valence-electron chi connectivity index (χ3n) is 4.80. The number of rotatable bonds is 4. The summed E-state index contributed by atoms with van der Waals surface area (Å²) in [6.07, 6.45) is 3.97. The summed E-state index contributed by atoms with van der Waals surface area (Å²) in [6.45, 7) is 0.139. The van der Waals surface area contributed by atoms with E-state index in [0.717, 1.165) is 33.9 Å². The number of benzene rings is 1. The fourth-order valence-corrected chi connectivity index (χ4v) is 3.72. The van der Waals surface area contributed by atoms with E-state index in [4.69, 9.17) is 0 Å². The van der Waals surface area contributed by atoms with Crippen molar-refractivity contribution in [2.24, 2.45) is 0 Å². The summed E-state index contributed by atoms with van der Waals surface area (Å²) < 4.78 is 1.95. The largest absolute Gasteiger partial charge is 0.396 e. The van der Waals surface area contributed by atoms with E-state index in [1.165, 1.54) is 0 Å². The van der Waals surface area contributed by atoms with E-state index >= 15 is 0 Å². The van der Waals surface area contributed by atoms with Crippen LogP contribution in [0.25, 0.3) is 21.9 Å². The molecular formula is C19H19N3O3. The second-order valence-corrected chi connectivity index (χ2v) is 6.35. The van der Waals surface area contributed by atoms with E-state index in [9.17, 15) is 14.7 Å². The molecule has 1 aliphatic heterocycles. The molecule has 6 heteroatoms. The Balaban J connectivity index is 1.97. The zero-order chi connectivity index (χ0) is 17.4. The smallest absolute Gasteiger partial charge is 0.249 e. The van der Waals surface area contributed by atoms with Crippen LogP contribution in [0, 0.1) is 0 Å². The molecule has 0 spiro atoms. The topological polar surface area (TPSA) is 84.2 Å². The van der Waals surface area contributed by atoms with Gasteiger partial charge in [-0.05, 0) is 43.0 Å². The van der Waals surface area contributed by atoms with Crippen molar-refractivity contribution in [3.8, 4) is 0 Å². The SMILES string of the molecule is O=C1CCC(n2c3cccc(CCCO)c3c3cccnc32)C(=O)N1. The summed E-state index contributed by atoms with van der Waals surface area (Å²) in [7, 11) is 0. The number of hydrogen-bond acceptors (Lipinski definition) is 4. The first kappa shape index (κ1) is 15.8. The second-order valence-electron chi connectivity index (χ2n) is 6.35. The maximum absolute atomic E-state index is 12.4. The van der Waals surface area contributed by atoms with Crippen LogP contribution in [-0.2, 0) is 16.0 Å². The average molecular weight is 337 g/mol. The number of pyridine rings is 1. The minimum absolute atomic E-state index is 0.139. The number of imide groups is 1. The zero-order valence-electron chi connectivity index (χ0n) is 13.7. The highest BCUT2D eigenvalue weighted by atomic mass is 16.3. The molecular weight excluding hydrogens is 318 g/mol. The summed E-state index contributed by atoms with van der Waals surface area (Å²) in [5, 5.41) is 13.7. The summed E-state index contributed by atoms with van der Waals surface area (Å²) in [5.74, 6) is -0.500. The molecule has 6 nitrogen and oxygen atoms in total. The number of aliphatic hydroxyl groups is 1. The predicted molar refractivity (Wildman–Crippen MR) is 94.1 cm³/mol. The van der Waals surface area contributed by atoms with Crippen molar-refractivity contribution < 1.29 is 14.7 Å². The van der Waals surface area contributed by atoms with Crippen LogP contribution in [0.5, 0.6) is 0 Å². The van der Waals surface area contributed by atoms with Crippen molar-refractivity contribution in [2.45, 2.75) is 31.7 Å². The second kappa shape index (κ2) is 6.29. The number of carbonyl (C=O) groups excluding carboxylic acids is 2. The number of amides is 2. The number of carbonyl (C=O) groups is 2. The van der Waals surface area contributed by atoms with E-state index in [0.29, 0.717) is 19.3 Å². The van der Waals surface area contributed by atoms with Gasteiger partial charge in [-0.15, -0.1) is 0 Å². The summed E-state index contributed by atoms with van der Waals surface area (Å²) >= 11 is 0. The van der Waals surface area contributed by atoms with Gasteiger partial charge in [-0.3, -0.25) is 14.9 Å². The molecule has 2 amide bonds. The molecule has 4 rings (SSSR count). The number of hydrogen-bond donors (Lipinski definition) is 2. The quantitative estimate of drug-likeness (QED) is 0.714. The van der Waals surface area contributed by atoms with Crippen molar-refractivity contribution in [3.63, 3.8) is 0 Å². The van der Waals surface area contributed by atoms with Gasteiger partial charge in [-0.25, -0.2) is 4.98 Å². The van der Waals surface area contributed by atoms with Gasteiger partial charge in [0.05, 0.1) is 5.52 Å². The molecule has 3 aromatic rings. The van der Waals surface area contributed by atoms with Gasteiger partial charge in [-0.1, -0.05) is 12.1 Å². The first-order chi connectivity index (χ1) is 12.2. The Morgan fingerprint density at radius 2 is 2.12 bits per heavy atom. The Morgan fingerprint density at radius 3 is 2.92 bits per heavy atom. The van der Waals surface area contributed by atoms with Crippen LogP contribution in [0.3, 0.4) is 0 Å². The molecule has 0 saturated carbocycles. The zero-order valence-corrected chi connectivity index (χ0v) is 13.7. The Morgan fingerprint density at radius 1 is 1.24 bits per heavy atom. The minimum Gasteiger partial charge on any atom is -0.396 e. The lowest BCUT2D eigenvalue weighted by molar-refractivity contribution is -0.135. The van der Waals surface area contributed by atoms with Crippen LogP contribution < -0.4 is 5.32 Å². The van der Waals surface area contributed by atoms with E-state index < -0.39 is 6.04 Å². The fraction of sp³-hybridized carbons (Fsp3) is 0.316. The Bertz CT molecular complexity index is 977. The normalized spacial score (nSPS) is 18.0. The van der Waals surface area contributed by atoms with Gasteiger partial charge in [0.25, 0.3) is 0 Å². The molecule has 3 heterocycles. The van der Waals surface area contributed by atoms with Gasteiger partial charge >= 0.3 is 0 Å². The van der Waals surface area contributed by atoms with Crippen molar-refractivity contribution >= 4 is 33.8 Å². The van der Waals surface area contributed by atoms with Gasteiger partial charge in [0.2, 0.25) is 11.8 Å². The Labute approximate surface area is 144 Å². The van der Waals surface area contributed by atoms with Gasteiger partial charge in [0, 0.05) is 30.0 Å². The van der Waals surface area contributed by atoms with Crippen LogP contribution in [0.1, 0.15) is 30.9 Å². The Hall–Kier alpha value is -2.73. The first-order valence-electron chi connectivity index (χ1n) is 8.52. The molecule has 0 bridgehead atoms. The van der Waals surface area contributed by atoms with Crippen LogP contribution in [0.2, 0.25) is 0 Å². The van der Waals surface area contributed by atoms with Gasteiger partial charge < -0.3 is 9.67 Å². The maximum Gasteiger partial charge on any atom is 0.249 e. The lowest BCUT2D eigenvalue weighted by Gasteiger charge is -2.23. The van der Waals surface area contributed by atoms with Crippen LogP contribution in [0.4, 0.5) is 0 Å². The molecule has 1 fully saturated rings. The monoisotopic (exact) mass is 337 g/mol. The molecule has 1 aromatic carbocycles. The Kier molecular flexibility index (Phi) is 3.97. The van der Waals surface area contributed by atoms with E-state index in [-0.39, 0.29) is 18.4 Å². The number of piperidine rings is 1. The third-order valence-corrected chi connectivity index (χ3v) is 4.80. The number of fused-ring (bicyclic) bond motifs is 3. The summed E-state index contributed by atoms with van der Waals surface area (Å²) in [4.78, 5) is 28.5. The number of nitrogens with one attached hydrogen (secondary N) is 1. The van der Waals surface area contributed by atoms with E-state index in [2.05, 4.69) is 16.4 Å². The van der Waals surface area contributed by atoms with Gasteiger partial charge in [-0.2, -0.15) is 0 Å². The van der Waals surface area contributed by atoms with Crippen LogP contribution >= 0.6 is 0 Å². The molecule has 128 valence electrons. The van der Waals surface area contributed by atoms with Gasteiger partial charge in [0.1, 0.15) is 11.7 Å². The number of aryl methyl sites for hydroxylation is 1. The fourth-order valence-electron chi connectivity index (χ4n) is 3.72. The van der Waals surface area contributed by atoms with Crippen molar-refractivity contribution in [2.75, 3.05) is 6.61 Å². The average Bonchev–Trinajstić information content (AvgIpc) is 2.95. The van der Waals surface area contributed by atoms with Crippen LogP contribution in [-0.4, -0.2) is 33.1 Å². The lowest BCUT2D eigenvalue weighted by Crippen LogP contribution is -2.41. The maximum atomic E-state index is 12.4. The number of aromatic nitrogens is 2. The number of aliphatic hydroxyl groups excluding tert-OH is 1. The summed E-state index contributed by atoms with van der Waals surface area (Å²) in [5.41, 5.74) is 2.83. The molecule has 25 heavy (non-hydrogen) atoms. The first-order valence-corrected chi connectivity index (χ1v) is 8.52. The molecule has 2 N–H and O–H groups in total. The minimum atomic E-state index is -0.444. The highest BCUT2D eigenvalue weighted by Gasteiger charge is 2.31. The highest BCUT2D eigenvalue weighted by molar-refractivity contribution is 6.10. The molecule has 0 radical (unpaired) electrons. The molecule has 2 aromatic heterocycles. The molecule has 1 unspecified atom stereocenters.